The maximum absolute atomic E-state index is 12.5. The molecule has 132 valence electrons. The highest BCUT2D eigenvalue weighted by molar-refractivity contribution is 6.08. The van der Waals surface area contributed by atoms with E-state index in [0.29, 0.717) is 11.1 Å². The average molecular weight is 337 g/mol. The van der Waals surface area contributed by atoms with Gasteiger partial charge in [-0.2, -0.15) is 0 Å². The Morgan fingerprint density at radius 2 is 1.76 bits per heavy atom. The van der Waals surface area contributed by atoms with Crippen molar-refractivity contribution in [1.29, 1.82) is 0 Å². The number of hydrogen-bond donors (Lipinski definition) is 0. The van der Waals surface area contributed by atoms with E-state index in [1.807, 2.05) is 54.6 Å². The molecule has 0 amide bonds. The minimum Gasteiger partial charge on any atom is -0.475 e. The first-order valence-electron chi connectivity index (χ1n) is 9.38. The van der Waals surface area contributed by atoms with Gasteiger partial charge in [-0.3, -0.25) is 9.69 Å². The molecule has 3 heteroatoms. The number of nitrogens with zero attached hydrogens (tertiary/aromatic N) is 1. The van der Waals surface area contributed by atoms with E-state index >= 15 is 0 Å². The van der Waals surface area contributed by atoms with Crippen molar-refractivity contribution in [1.82, 2.24) is 4.90 Å². The third kappa shape index (κ3) is 4.70. The van der Waals surface area contributed by atoms with E-state index in [2.05, 4.69) is 11.8 Å². The molecule has 1 fully saturated rings. The average Bonchev–Trinajstić information content (AvgIpc) is 3.10. The molecule has 2 aromatic carbocycles. The van der Waals surface area contributed by atoms with E-state index in [0.717, 1.165) is 25.3 Å². The van der Waals surface area contributed by atoms with Crippen molar-refractivity contribution in [3.05, 3.63) is 65.7 Å². The Morgan fingerprint density at radius 1 is 1.04 bits per heavy atom. The van der Waals surface area contributed by atoms with Gasteiger partial charge in [-0.1, -0.05) is 50.1 Å². The molecule has 0 saturated carbocycles. The molecule has 1 saturated heterocycles. The Bertz CT molecular complexity index is 666. The zero-order valence-electron chi connectivity index (χ0n) is 15.0. The second-order valence-electron chi connectivity index (χ2n) is 6.68. The van der Waals surface area contributed by atoms with Gasteiger partial charge in [0.25, 0.3) is 0 Å². The molecule has 2 aromatic rings. The molecule has 0 N–H and O–H groups in total. The summed E-state index contributed by atoms with van der Waals surface area (Å²) in [6.07, 6.45) is 6.21. The largest absolute Gasteiger partial charge is 0.475 e. The third-order valence-corrected chi connectivity index (χ3v) is 4.78. The first-order valence-corrected chi connectivity index (χ1v) is 9.38. The van der Waals surface area contributed by atoms with Crippen LogP contribution in [0, 0.1) is 0 Å². The van der Waals surface area contributed by atoms with Gasteiger partial charge in [0.2, 0.25) is 0 Å². The quantitative estimate of drug-likeness (QED) is 0.506. The number of rotatable bonds is 8. The van der Waals surface area contributed by atoms with Crippen molar-refractivity contribution >= 4 is 5.78 Å². The van der Waals surface area contributed by atoms with Crippen molar-refractivity contribution in [3.8, 4) is 5.75 Å². The molecule has 0 aliphatic carbocycles. The highest BCUT2D eigenvalue weighted by Gasteiger charge is 2.25. The number of likely N-dealkylation sites (tertiary alicyclic amines) is 1. The van der Waals surface area contributed by atoms with Gasteiger partial charge in [0.05, 0.1) is 0 Å². The van der Waals surface area contributed by atoms with Gasteiger partial charge in [0, 0.05) is 24.2 Å². The van der Waals surface area contributed by atoms with E-state index in [1.165, 1.54) is 25.7 Å². The number of unbranched alkanes of at least 4 members (excludes halogenated alkanes) is 2. The molecular weight excluding hydrogens is 310 g/mol. The van der Waals surface area contributed by atoms with Gasteiger partial charge in [-0.15, -0.1) is 0 Å². The lowest BCUT2D eigenvalue weighted by Gasteiger charge is -2.25. The molecule has 1 heterocycles. The van der Waals surface area contributed by atoms with Crippen LogP contribution in [0.4, 0.5) is 0 Å². The molecule has 3 rings (SSSR count). The van der Waals surface area contributed by atoms with Crippen LogP contribution >= 0.6 is 0 Å². The van der Waals surface area contributed by atoms with Gasteiger partial charge in [0.1, 0.15) is 5.75 Å². The van der Waals surface area contributed by atoms with Crippen LogP contribution < -0.4 is 4.74 Å². The fourth-order valence-electron chi connectivity index (χ4n) is 3.35. The minimum atomic E-state index is 0.0502. The Morgan fingerprint density at radius 3 is 2.48 bits per heavy atom. The van der Waals surface area contributed by atoms with Crippen LogP contribution in [0.25, 0.3) is 0 Å². The fraction of sp³-hybridized carbons (Fsp3) is 0.409. The van der Waals surface area contributed by atoms with Gasteiger partial charge >= 0.3 is 0 Å². The summed E-state index contributed by atoms with van der Waals surface area (Å²) in [6, 6.07) is 16.9. The van der Waals surface area contributed by atoms with Gasteiger partial charge in [0.15, 0.2) is 12.0 Å². The second-order valence-corrected chi connectivity index (χ2v) is 6.68. The van der Waals surface area contributed by atoms with Crippen LogP contribution in [0.15, 0.2) is 54.6 Å². The molecular formula is C22H27NO2. The monoisotopic (exact) mass is 337 g/mol. The topological polar surface area (TPSA) is 29.5 Å². The Labute approximate surface area is 150 Å². The smallest absolute Gasteiger partial charge is 0.193 e. The van der Waals surface area contributed by atoms with Crippen molar-refractivity contribution < 1.29 is 9.53 Å². The first kappa shape index (κ1) is 17.7. The molecule has 1 aliphatic rings. The third-order valence-electron chi connectivity index (χ3n) is 4.78. The molecule has 0 aromatic heterocycles. The van der Waals surface area contributed by atoms with Crippen LogP contribution in [0.5, 0.6) is 5.75 Å². The number of benzene rings is 2. The van der Waals surface area contributed by atoms with E-state index in [9.17, 15) is 4.79 Å². The lowest BCUT2D eigenvalue weighted by atomic mass is 10.0. The lowest BCUT2D eigenvalue weighted by molar-refractivity contribution is 0.0595. The second kappa shape index (κ2) is 8.82. The van der Waals surface area contributed by atoms with E-state index in [1.54, 1.807) is 0 Å². The Kier molecular flexibility index (Phi) is 6.24. The summed E-state index contributed by atoms with van der Waals surface area (Å²) in [7, 11) is 0. The fourth-order valence-corrected chi connectivity index (χ4v) is 3.35. The van der Waals surface area contributed by atoms with Crippen LogP contribution in [-0.2, 0) is 0 Å². The van der Waals surface area contributed by atoms with Gasteiger partial charge in [-0.05, 0) is 43.5 Å². The normalized spacial score (nSPS) is 17.6. The maximum Gasteiger partial charge on any atom is 0.193 e. The highest BCUT2D eigenvalue weighted by atomic mass is 16.5. The summed E-state index contributed by atoms with van der Waals surface area (Å²) < 4.78 is 6.17. The lowest BCUT2D eigenvalue weighted by Crippen LogP contribution is -2.34. The zero-order valence-corrected chi connectivity index (χ0v) is 15.0. The molecule has 1 aliphatic heterocycles. The predicted molar refractivity (Wildman–Crippen MR) is 101 cm³/mol. The summed E-state index contributed by atoms with van der Waals surface area (Å²) in [5.41, 5.74) is 1.42. The number of ketones is 1. The number of carbonyl (C=O) groups is 1. The maximum atomic E-state index is 12.5. The first-order chi connectivity index (χ1) is 12.3. The molecule has 0 bridgehead atoms. The van der Waals surface area contributed by atoms with Gasteiger partial charge < -0.3 is 4.74 Å². The van der Waals surface area contributed by atoms with Crippen molar-refractivity contribution in [2.24, 2.45) is 0 Å². The summed E-state index contributed by atoms with van der Waals surface area (Å²) in [6.45, 7) is 4.47. The standard InChI is InChI=1S/C22H27NO2/c1-2-3-7-16-23-17-8-11-21(23)25-20-14-12-19(13-15-20)22(24)18-9-5-4-6-10-18/h4-6,9-10,12-15,21H,2-3,7-8,11,16-17H2,1H3. The summed E-state index contributed by atoms with van der Waals surface area (Å²) in [5.74, 6) is 0.895. The van der Waals surface area contributed by atoms with Crippen molar-refractivity contribution in [3.63, 3.8) is 0 Å². The molecule has 25 heavy (non-hydrogen) atoms. The number of carbonyl (C=O) groups excluding carboxylic acids is 1. The van der Waals surface area contributed by atoms with Crippen LogP contribution in [-0.4, -0.2) is 30.0 Å². The number of hydrogen-bond acceptors (Lipinski definition) is 3. The van der Waals surface area contributed by atoms with Crippen molar-refractivity contribution in [2.45, 2.75) is 45.3 Å². The molecule has 1 atom stereocenters. The summed E-state index contributed by atoms with van der Waals surface area (Å²) in [4.78, 5) is 14.9. The molecule has 1 unspecified atom stereocenters. The molecule has 0 radical (unpaired) electrons. The Hall–Kier alpha value is -2.13. The number of ether oxygens (including phenoxy) is 1. The van der Waals surface area contributed by atoms with E-state index < -0.39 is 0 Å². The summed E-state index contributed by atoms with van der Waals surface area (Å²) in [5, 5.41) is 0. The van der Waals surface area contributed by atoms with Crippen LogP contribution in [0.2, 0.25) is 0 Å². The van der Waals surface area contributed by atoms with E-state index in [4.69, 9.17) is 4.74 Å². The van der Waals surface area contributed by atoms with Crippen LogP contribution in [0.3, 0.4) is 0 Å². The van der Waals surface area contributed by atoms with E-state index in [-0.39, 0.29) is 12.0 Å². The van der Waals surface area contributed by atoms with Gasteiger partial charge in [-0.25, -0.2) is 0 Å². The highest BCUT2D eigenvalue weighted by Crippen LogP contribution is 2.23. The molecule has 3 nitrogen and oxygen atoms in total. The zero-order chi connectivity index (χ0) is 17.5. The SMILES string of the molecule is CCCCCN1CCCC1Oc1ccc(C(=O)c2ccccc2)cc1. The van der Waals surface area contributed by atoms with Crippen LogP contribution in [0.1, 0.15) is 54.9 Å². The minimum absolute atomic E-state index is 0.0502. The molecule has 0 spiro atoms. The van der Waals surface area contributed by atoms with Crippen molar-refractivity contribution in [2.75, 3.05) is 13.1 Å². The Balaban J connectivity index is 1.60. The predicted octanol–water partition coefficient (Wildman–Crippen LogP) is 4.91. The summed E-state index contributed by atoms with van der Waals surface area (Å²) >= 11 is 0.